The number of pyridine rings is 1. The molecule has 1 amide bonds. The number of oxazole rings is 1. The van der Waals surface area contributed by atoms with Gasteiger partial charge in [0.25, 0.3) is 5.91 Å². The first kappa shape index (κ1) is 19.6. The van der Waals surface area contributed by atoms with Gasteiger partial charge in [0.15, 0.2) is 11.2 Å². The molecule has 6 heteroatoms. The van der Waals surface area contributed by atoms with Crippen LogP contribution >= 0.6 is 0 Å². The fourth-order valence-corrected chi connectivity index (χ4v) is 2.94. The molecule has 1 N–H and O–H groups in total. The van der Waals surface area contributed by atoms with Gasteiger partial charge < -0.3 is 14.5 Å². The van der Waals surface area contributed by atoms with E-state index in [0.29, 0.717) is 29.2 Å². The lowest BCUT2D eigenvalue weighted by Gasteiger charge is -2.12. The number of ether oxygens (including phenoxy) is 1. The topological polar surface area (TPSA) is 77.2 Å². The van der Waals surface area contributed by atoms with Crippen LogP contribution in [0.3, 0.4) is 0 Å². The standard InChI is InChI=1S/C24H23N3O3/c1-3-16(2)29-20-12-10-18(11-13-20)23(28)26-15-17-6-8-19(9-7-17)24-27-22-21(30-24)5-4-14-25-22/h4-14,16H,3,15H2,1-2H3,(H,26,28). The summed E-state index contributed by atoms with van der Waals surface area (Å²) < 4.78 is 11.5. The van der Waals surface area contributed by atoms with E-state index in [9.17, 15) is 4.79 Å². The fraction of sp³-hybridized carbons (Fsp3) is 0.208. The van der Waals surface area contributed by atoms with Gasteiger partial charge in [-0.2, -0.15) is 4.98 Å². The maximum Gasteiger partial charge on any atom is 0.251 e. The zero-order valence-corrected chi connectivity index (χ0v) is 17.0. The Morgan fingerprint density at radius 3 is 2.57 bits per heavy atom. The van der Waals surface area contributed by atoms with Crippen molar-refractivity contribution in [3.8, 4) is 17.2 Å². The maximum atomic E-state index is 12.4. The van der Waals surface area contributed by atoms with Crippen molar-refractivity contribution < 1.29 is 13.9 Å². The molecule has 0 aliphatic heterocycles. The highest BCUT2D eigenvalue weighted by Crippen LogP contribution is 2.23. The molecule has 4 rings (SSSR count). The normalized spacial score (nSPS) is 11.9. The van der Waals surface area contributed by atoms with Gasteiger partial charge in [0, 0.05) is 23.9 Å². The molecule has 2 aromatic carbocycles. The molecule has 0 bridgehead atoms. The van der Waals surface area contributed by atoms with Gasteiger partial charge in [-0.3, -0.25) is 4.79 Å². The smallest absolute Gasteiger partial charge is 0.251 e. The zero-order chi connectivity index (χ0) is 20.9. The second kappa shape index (κ2) is 8.78. The van der Waals surface area contributed by atoms with E-state index in [0.717, 1.165) is 23.3 Å². The summed E-state index contributed by atoms with van der Waals surface area (Å²) in [6, 6.07) is 18.6. The van der Waals surface area contributed by atoms with E-state index in [4.69, 9.17) is 9.15 Å². The molecule has 0 spiro atoms. The van der Waals surface area contributed by atoms with Crippen LogP contribution in [-0.4, -0.2) is 22.0 Å². The number of amides is 1. The van der Waals surface area contributed by atoms with Crippen molar-refractivity contribution in [1.82, 2.24) is 15.3 Å². The summed E-state index contributed by atoms with van der Waals surface area (Å²) in [6.07, 6.45) is 2.77. The molecular weight excluding hydrogens is 378 g/mol. The van der Waals surface area contributed by atoms with Crippen LogP contribution < -0.4 is 10.1 Å². The summed E-state index contributed by atoms with van der Waals surface area (Å²) in [5.74, 6) is 1.17. The number of nitrogens with zero attached hydrogens (tertiary/aromatic N) is 2. The number of nitrogens with one attached hydrogen (secondary N) is 1. The van der Waals surface area contributed by atoms with E-state index in [1.54, 1.807) is 18.3 Å². The van der Waals surface area contributed by atoms with Crippen molar-refractivity contribution >= 4 is 17.1 Å². The number of hydrogen-bond acceptors (Lipinski definition) is 5. The third-order valence-electron chi connectivity index (χ3n) is 4.85. The Hall–Kier alpha value is -3.67. The molecule has 4 aromatic rings. The molecule has 2 heterocycles. The molecule has 1 unspecified atom stereocenters. The minimum atomic E-state index is -0.126. The Kier molecular flexibility index (Phi) is 5.75. The van der Waals surface area contributed by atoms with Crippen LogP contribution in [0.25, 0.3) is 22.7 Å². The summed E-state index contributed by atoms with van der Waals surface area (Å²) in [5.41, 5.74) is 3.69. The van der Waals surface area contributed by atoms with E-state index < -0.39 is 0 Å². The first-order chi connectivity index (χ1) is 14.6. The van der Waals surface area contributed by atoms with Crippen molar-refractivity contribution in [1.29, 1.82) is 0 Å². The minimum absolute atomic E-state index is 0.126. The highest BCUT2D eigenvalue weighted by atomic mass is 16.5. The van der Waals surface area contributed by atoms with Crippen LogP contribution in [0, 0.1) is 0 Å². The second-order valence-corrected chi connectivity index (χ2v) is 7.08. The lowest BCUT2D eigenvalue weighted by molar-refractivity contribution is 0.0951. The van der Waals surface area contributed by atoms with Crippen LogP contribution in [0.15, 0.2) is 71.3 Å². The van der Waals surface area contributed by atoms with Crippen molar-refractivity contribution in [3.05, 3.63) is 78.0 Å². The van der Waals surface area contributed by atoms with Crippen molar-refractivity contribution in [2.75, 3.05) is 0 Å². The van der Waals surface area contributed by atoms with Crippen LogP contribution in [0.4, 0.5) is 0 Å². The Morgan fingerprint density at radius 1 is 1.10 bits per heavy atom. The molecule has 2 aromatic heterocycles. The van der Waals surface area contributed by atoms with Gasteiger partial charge in [0.1, 0.15) is 5.75 Å². The molecule has 6 nitrogen and oxygen atoms in total. The number of carbonyl (C=O) groups is 1. The Bertz CT molecular complexity index is 1100. The van der Waals surface area contributed by atoms with E-state index >= 15 is 0 Å². The van der Waals surface area contributed by atoms with E-state index in [1.807, 2.05) is 55.5 Å². The zero-order valence-electron chi connectivity index (χ0n) is 17.0. The second-order valence-electron chi connectivity index (χ2n) is 7.08. The van der Waals surface area contributed by atoms with Gasteiger partial charge >= 0.3 is 0 Å². The molecule has 0 radical (unpaired) electrons. The molecule has 0 aliphatic carbocycles. The summed E-state index contributed by atoms with van der Waals surface area (Å²) >= 11 is 0. The van der Waals surface area contributed by atoms with Gasteiger partial charge in [-0.25, -0.2) is 4.98 Å². The quantitative estimate of drug-likeness (QED) is 0.472. The predicted molar refractivity (Wildman–Crippen MR) is 115 cm³/mol. The van der Waals surface area contributed by atoms with Crippen LogP contribution in [0.1, 0.15) is 36.2 Å². The highest BCUT2D eigenvalue weighted by molar-refractivity contribution is 5.94. The van der Waals surface area contributed by atoms with Crippen molar-refractivity contribution in [3.63, 3.8) is 0 Å². The van der Waals surface area contributed by atoms with E-state index in [-0.39, 0.29) is 12.0 Å². The number of fused-ring (bicyclic) bond motifs is 1. The molecule has 0 saturated heterocycles. The number of benzene rings is 2. The number of carbonyl (C=O) groups excluding carboxylic acids is 1. The van der Waals surface area contributed by atoms with Crippen LogP contribution in [0.2, 0.25) is 0 Å². The number of aromatic nitrogens is 2. The minimum Gasteiger partial charge on any atom is -0.491 e. The Morgan fingerprint density at radius 2 is 1.87 bits per heavy atom. The SMILES string of the molecule is CCC(C)Oc1ccc(C(=O)NCc2ccc(-c3nc4ncccc4o3)cc2)cc1. The summed E-state index contributed by atoms with van der Waals surface area (Å²) in [5, 5.41) is 2.94. The number of rotatable bonds is 7. The molecule has 0 fully saturated rings. The van der Waals surface area contributed by atoms with Crippen LogP contribution in [-0.2, 0) is 6.54 Å². The predicted octanol–water partition coefficient (Wildman–Crippen LogP) is 5.00. The molecule has 1 atom stereocenters. The summed E-state index contributed by atoms with van der Waals surface area (Å²) in [6.45, 7) is 4.52. The third-order valence-corrected chi connectivity index (χ3v) is 4.85. The van der Waals surface area contributed by atoms with Crippen molar-refractivity contribution in [2.24, 2.45) is 0 Å². The molecule has 30 heavy (non-hydrogen) atoms. The maximum absolute atomic E-state index is 12.4. The van der Waals surface area contributed by atoms with Gasteiger partial charge in [0.05, 0.1) is 6.10 Å². The van der Waals surface area contributed by atoms with E-state index in [2.05, 4.69) is 22.2 Å². The van der Waals surface area contributed by atoms with E-state index in [1.165, 1.54) is 0 Å². The van der Waals surface area contributed by atoms with Gasteiger partial charge in [0.2, 0.25) is 5.89 Å². The Balaban J connectivity index is 1.36. The average Bonchev–Trinajstić information content (AvgIpc) is 3.22. The van der Waals surface area contributed by atoms with Gasteiger partial charge in [-0.05, 0) is 67.4 Å². The Labute approximate surface area is 174 Å². The molecule has 0 aliphatic rings. The lowest BCUT2D eigenvalue weighted by atomic mass is 10.1. The summed E-state index contributed by atoms with van der Waals surface area (Å²) in [4.78, 5) is 21.0. The molecule has 152 valence electrons. The number of hydrogen-bond donors (Lipinski definition) is 1. The molecular formula is C24H23N3O3. The first-order valence-electron chi connectivity index (χ1n) is 9.98. The first-order valence-corrected chi connectivity index (χ1v) is 9.98. The fourth-order valence-electron chi connectivity index (χ4n) is 2.94. The lowest BCUT2D eigenvalue weighted by Crippen LogP contribution is -2.22. The van der Waals surface area contributed by atoms with Gasteiger partial charge in [-0.1, -0.05) is 19.1 Å². The van der Waals surface area contributed by atoms with Crippen LogP contribution in [0.5, 0.6) is 5.75 Å². The third kappa shape index (κ3) is 4.49. The average molecular weight is 401 g/mol. The monoisotopic (exact) mass is 401 g/mol. The summed E-state index contributed by atoms with van der Waals surface area (Å²) in [7, 11) is 0. The van der Waals surface area contributed by atoms with Crippen molar-refractivity contribution in [2.45, 2.75) is 32.9 Å². The van der Waals surface area contributed by atoms with Gasteiger partial charge in [-0.15, -0.1) is 0 Å². The molecule has 0 saturated carbocycles. The largest absolute Gasteiger partial charge is 0.491 e. The highest BCUT2D eigenvalue weighted by Gasteiger charge is 2.10.